The molecule has 0 radical (unpaired) electrons. The molecule has 7 nitrogen and oxygen atoms in total. The van der Waals surface area contributed by atoms with Crippen LogP contribution in [0.5, 0.6) is 5.75 Å². The summed E-state index contributed by atoms with van der Waals surface area (Å²) >= 11 is 0. The van der Waals surface area contributed by atoms with E-state index in [1.807, 2.05) is 43.3 Å². The van der Waals surface area contributed by atoms with E-state index in [0.717, 1.165) is 38.6 Å². The molecule has 0 saturated heterocycles. The van der Waals surface area contributed by atoms with Gasteiger partial charge in [-0.05, 0) is 46.7 Å². The van der Waals surface area contributed by atoms with Crippen molar-refractivity contribution in [3.05, 3.63) is 91.6 Å². The van der Waals surface area contributed by atoms with E-state index in [0.29, 0.717) is 16.7 Å². The number of fused-ring (bicyclic) bond motifs is 8. The second kappa shape index (κ2) is 7.24. The minimum Gasteiger partial charge on any atom is -0.455 e. The Morgan fingerprint density at radius 1 is 0.972 bits per heavy atom. The van der Waals surface area contributed by atoms with Gasteiger partial charge in [-0.25, -0.2) is 0 Å². The normalized spacial score (nSPS) is 13.7. The summed E-state index contributed by atoms with van der Waals surface area (Å²) in [5.74, 6) is 0.0826. The summed E-state index contributed by atoms with van der Waals surface area (Å²) in [5, 5.41) is 13.5. The van der Waals surface area contributed by atoms with Gasteiger partial charge < -0.3 is 9.15 Å². The highest BCUT2D eigenvalue weighted by Crippen LogP contribution is 2.55. The third-order valence-corrected chi connectivity index (χ3v) is 7.19. The summed E-state index contributed by atoms with van der Waals surface area (Å²) < 4.78 is 12.0. The Morgan fingerprint density at radius 2 is 1.67 bits per heavy atom. The number of ether oxygens (including phenoxy) is 1. The van der Waals surface area contributed by atoms with Gasteiger partial charge in [0.25, 0.3) is 5.69 Å². The number of aryl methyl sites for hydroxylation is 1. The Kier molecular flexibility index (Phi) is 4.42. The van der Waals surface area contributed by atoms with Gasteiger partial charge in [-0.3, -0.25) is 19.7 Å². The van der Waals surface area contributed by atoms with Crippen molar-refractivity contribution >= 4 is 44.4 Å². The van der Waals surface area contributed by atoms with Gasteiger partial charge in [0.15, 0.2) is 0 Å². The molecule has 0 saturated carbocycles. The standard InChI is InChI=1S/C29H21NO6/c1-14-11-20-26(28-24(14)27(32)19-12-16(30(33)34)9-10-22(19)36-28)25-18-8-6-5-7-17(18)23(35-15(2)31)13-21(25)29(20,3)4/h5-13H,1-4H3. The molecule has 4 aromatic carbocycles. The topological polar surface area (TPSA) is 99.7 Å². The maximum absolute atomic E-state index is 13.7. The van der Waals surface area contributed by atoms with Crippen LogP contribution >= 0.6 is 0 Å². The number of benzene rings is 4. The zero-order valence-corrected chi connectivity index (χ0v) is 20.1. The van der Waals surface area contributed by atoms with Gasteiger partial charge in [0, 0.05) is 35.4 Å². The fourth-order valence-corrected chi connectivity index (χ4v) is 5.54. The van der Waals surface area contributed by atoms with Gasteiger partial charge in [-0.15, -0.1) is 0 Å². The number of nitro groups is 1. The number of nitrogens with zero attached hydrogens (tertiary/aromatic N) is 1. The third kappa shape index (κ3) is 2.86. The van der Waals surface area contributed by atoms with E-state index in [4.69, 9.17) is 9.15 Å². The average Bonchev–Trinajstić information content (AvgIpc) is 3.05. The van der Waals surface area contributed by atoms with Crippen LogP contribution in [0.15, 0.2) is 63.8 Å². The molecule has 1 aromatic heterocycles. The third-order valence-electron chi connectivity index (χ3n) is 7.19. The Labute approximate surface area is 205 Å². The molecule has 0 spiro atoms. The molecule has 0 fully saturated rings. The van der Waals surface area contributed by atoms with Crippen LogP contribution in [0.1, 0.15) is 37.5 Å². The van der Waals surface area contributed by atoms with Crippen LogP contribution in [0.2, 0.25) is 0 Å². The van der Waals surface area contributed by atoms with E-state index >= 15 is 0 Å². The van der Waals surface area contributed by atoms with Crippen LogP contribution < -0.4 is 10.2 Å². The zero-order chi connectivity index (χ0) is 25.5. The Hall–Kier alpha value is -4.52. The number of esters is 1. The quantitative estimate of drug-likeness (QED) is 0.0936. The van der Waals surface area contributed by atoms with Gasteiger partial charge in [0.2, 0.25) is 5.43 Å². The molecule has 1 aliphatic rings. The van der Waals surface area contributed by atoms with Crippen LogP contribution in [-0.4, -0.2) is 10.9 Å². The molecule has 1 aliphatic carbocycles. The molecule has 0 bridgehead atoms. The molecule has 0 N–H and O–H groups in total. The fourth-order valence-electron chi connectivity index (χ4n) is 5.54. The van der Waals surface area contributed by atoms with Crippen molar-refractivity contribution in [1.29, 1.82) is 0 Å². The van der Waals surface area contributed by atoms with Crippen LogP contribution in [0.25, 0.3) is 43.8 Å². The zero-order valence-electron chi connectivity index (χ0n) is 20.1. The van der Waals surface area contributed by atoms with Gasteiger partial charge >= 0.3 is 5.97 Å². The molecule has 178 valence electrons. The number of carbonyl (C=O) groups excluding carboxylic acids is 1. The molecule has 6 rings (SSSR count). The summed E-state index contributed by atoms with van der Waals surface area (Å²) in [4.78, 5) is 36.3. The highest BCUT2D eigenvalue weighted by molar-refractivity contribution is 6.12. The number of rotatable bonds is 2. The van der Waals surface area contributed by atoms with Crippen molar-refractivity contribution in [2.45, 2.75) is 33.1 Å². The SMILES string of the molecule is CC(=O)Oc1cc2c(c3ccccc13)-c1c(cc(C)c3c(=O)c4cc([N+](=O)[O-])ccc4oc13)C2(C)C. The molecule has 0 amide bonds. The maximum atomic E-state index is 13.7. The second-order valence-electron chi connectivity index (χ2n) is 9.75. The number of carbonyl (C=O) groups is 1. The average molecular weight is 479 g/mol. The number of nitro benzene ring substituents is 1. The van der Waals surface area contributed by atoms with E-state index in [1.165, 1.54) is 25.1 Å². The predicted octanol–water partition coefficient (Wildman–Crippen LogP) is 6.55. The Balaban J connectivity index is 1.80. The highest BCUT2D eigenvalue weighted by atomic mass is 16.6. The predicted molar refractivity (Wildman–Crippen MR) is 138 cm³/mol. The molecular formula is C29H21NO6. The van der Waals surface area contributed by atoms with Gasteiger partial charge in [-0.1, -0.05) is 44.2 Å². The summed E-state index contributed by atoms with van der Waals surface area (Å²) in [5.41, 5.74) is 4.25. The van der Waals surface area contributed by atoms with Crippen molar-refractivity contribution in [2.75, 3.05) is 0 Å². The molecule has 0 atom stereocenters. The minimum atomic E-state index is -0.524. The lowest BCUT2D eigenvalue weighted by Gasteiger charge is -2.23. The van der Waals surface area contributed by atoms with Crippen LogP contribution in [0.3, 0.4) is 0 Å². The Morgan fingerprint density at radius 3 is 2.36 bits per heavy atom. The maximum Gasteiger partial charge on any atom is 0.308 e. The second-order valence-corrected chi connectivity index (χ2v) is 9.75. The van der Waals surface area contributed by atoms with Gasteiger partial charge in [-0.2, -0.15) is 0 Å². The summed E-state index contributed by atoms with van der Waals surface area (Å²) in [6.07, 6.45) is 0. The van der Waals surface area contributed by atoms with Crippen molar-refractivity contribution in [3.63, 3.8) is 0 Å². The molecule has 5 aromatic rings. The number of non-ortho nitro benzene ring substituents is 1. The first-order valence-corrected chi connectivity index (χ1v) is 11.5. The molecule has 36 heavy (non-hydrogen) atoms. The van der Waals surface area contributed by atoms with Crippen molar-refractivity contribution in [2.24, 2.45) is 0 Å². The smallest absolute Gasteiger partial charge is 0.308 e. The minimum absolute atomic E-state index is 0.163. The first-order valence-electron chi connectivity index (χ1n) is 11.5. The summed E-state index contributed by atoms with van der Waals surface area (Å²) in [7, 11) is 0. The lowest BCUT2D eigenvalue weighted by Crippen LogP contribution is -2.16. The largest absolute Gasteiger partial charge is 0.455 e. The highest BCUT2D eigenvalue weighted by Gasteiger charge is 2.40. The summed E-state index contributed by atoms with van der Waals surface area (Å²) in [6, 6.07) is 15.7. The van der Waals surface area contributed by atoms with Gasteiger partial charge in [0.05, 0.1) is 15.7 Å². The van der Waals surface area contributed by atoms with Crippen molar-refractivity contribution in [3.8, 4) is 16.9 Å². The molecular weight excluding hydrogens is 458 g/mol. The molecule has 1 heterocycles. The number of hydrogen-bond donors (Lipinski definition) is 0. The van der Waals surface area contributed by atoms with Crippen molar-refractivity contribution < 1.29 is 18.9 Å². The van der Waals surface area contributed by atoms with Gasteiger partial charge in [0.1, 0.15) is 16.9 Å². The molecule has 0 unspecified atom stereocenters. The van der Waals surface area contributed by atoms with E-state index in [9.17, 15) is 19.7 Å². The lowest BCUT2D eigenvalue weighted by atomic mass is 9.81. The first-order chi connectivity index (χ1) is 17.1. The number of hydrogen-bond acceptors (Lipinski definition) is 6. The monoisotopic (exact) mass is 479 g/mol. The summed E-state index contributed by atoms with van der Waals surface area (Å²) in [6.45, 7) is 7.42. The van der Waals surface area contributed by atoms with E-state index < -0.39 is 16.3 Å². The lowest BCUT2D eigenvalue weighted by molar-refractivity contribution is -0.384. The van der Waals surface area contributed by atoms with E-state index in [2.05, 4.69) is 13.8 Å². The Bertz CT molecular complexity index is 1880. The van der Waals surface area contributed by atoms with Crippen LogP contribution in [0, 0.1) is 17.0 Å². The van der Waals surface area contributed by atoms with Crippen molar-refractivity contribution in [1.82, 2.24) is 0 Å². The fraction of sp³-hybridized carbons (Fsp3) is 0.172. The van der Waals surface area contributed by atoms with E-state index in [1.54, 1.807) is 0 Å². The molecule has 7 heteroatoms. The van der Waals surface area contributed by atoms with E-state index in [-0.39, 0.29) is 22.1 Å². The van der Waals surface area contributed by atoms with Crippen LogP contribution in [-0.2, 0) is 10.2 Å². The first kappa shape index (κ1) is 22.0. The molecule has 0 aliphatic heterocycles. The van der Waals surface area contributed by atoms with Crippen LogP contribution in [0.4, 0.5) is 5.69 Å².